The minimum Gasteiger partial charge on any atom is -0.465 e. The third kappa shape index (κ3) is 4.16. The maximum atomic E-state index is 12.5. The Morgan fingerprint density at radius 1 is 1.33 bits per heavy atom. The lowest BCUT2D eigenvalue weighted by Gasteiger charge is -2.26. The molecule has 0 saturated heterocycles. The molecule has 0 aromatic heterocycles. The molecule has 0 saturated carbocycles. The van der Waals surface area contributed by atoms with E-state index in [1.807, 2.05) is 0 Å². The van der Waals surface area contributed by atoms with Gasteiger partial charge in [-0.3, -0.25) is 4.79 Å². The highest BCUT2D eigenvalue weighted by atomic mass is 35.5. The van der Waals surface area contributed by atoms with Crippen LogP contribution in [0.3, 0.4) is 0 Å². The van der Waals surface area contributed by atoms with Crippen molar-refractivity contribution in [3.63, 3.8) is 0 Å². The van der Waals surface area contributed by atoms with Crippen molar-refractivity contribution in [2.45, 2.75) is 24.8 Å². The SMILES string of the molecule is CCOC(=O)[C@H](CO)N(CC)S(=O)(=O)c1ccc(Cl)cc1. The third-order valence-corrected chi connectivity index (χ3v) is 5.06. The first-order chi connectivity index (χ1) is 9.88. The summed E-state index contributed by atoms with van der Waals surface area (Å²) < 4.78 is 30.8. The number of halogens is 1. The minimum absolute atomic E-state index is 0.00324. The van der Waals surface area contributed by atoms with Crippen LogP contribution < -0.4 is 0 Å². The van der Waals surface area contributed by atoms with Crippen LogP contribution in [-0.4, -0.2) is 49.6 Å². The molecule has 0 heterocycles. The van der Waals surface area contributed by atoms with Gasteiger partial charge in [-0.15, -0.1) is 0 Å². The van der Waals surface area contributed by atoms with Crippen LogP contribution in [0, 0.1) is 0 Å². The Morgan fingerprint density at radius 2 is 1.90 bits per heavy atom. The molecule has 0 unspecified atom stereocenters. The van der Waals surface area contributed by atoms with E-state index in [4.69, 9.17) is 16.3 Å². The molecule has 0 bridgehead atoms. The van der Waals surface area contributed by atoms with Crippen LogP contribution >= 0.6 is 11.6 Å². The molecule has 1 N–H and O–H groups in total. The summed E-state index contributed by atoms with van der Waals surface area (Å²) in [4.78, 5) is 11.8. The number of aliphatic hydroxyl groups excluding tert-OH is 1. The summed E-state index contributed by atoms with van der Waals surface area (Å²) in [6.45, 7) is 2.66. The first-order valence-electron chi connectivity index (χ1n) is 6.43. The molecule has 0 aliphatic carbocycles. The van der Waals surface area contributed by atoms with Gasteiger partial charge in [0.25, 0.3) is 0 Å². The molecule has 1 aromatic carbocycles. The van der Waals surface area contributed by atoms with E-state index in [9.17, 15) is 18.3 Å². The van der Waals surface area contributed by atoms with Gasteiger partial charge >= 0.3 is 5.97 Å². The zero-order chi connectivity index (χ0) is 16.0. The van der Waals surface area contributed by atoms with Gasteiger partial charge in [-0.05, 0) is 31.2 Å². The van der Waals surface area contributed by atoms with Gasteiger partial charge in [-0.1, -0.05) is 18.5 Å². The van der Waals surface area contributed by atoms with Crippen LogP contribution in [0.15, 0.2) is 29.2 Å². The molecule has 21 heavy (non-hydrogen) atoms. The van der Waals surface area contributed by atoms with Crippen molar-refractivity contribution in [1.82, 2.24) is 4.31 Å². The second-order valence-electron chi connectivity index (χ2n) is 4.11. The summed E-state index contributed by atoms with van der Waals surface area (Å²) in [7, 11) is -3.93. The molecule has 0 amide bonds. The number of ether oxygens (including phenoxy) is 1. The molecule has 8 heteroatoms. The second kappa shape index (κ2) is 7.74. The van der Waals surface area contributed by atoms with Gasteiger partial charge in [0, 0.05) is 11.6 Å². The molecule has 118 valence electrons. The molecule has 0 radical (unpaired) electrons. The fourth-order valence-electron chi connectivity index (χ4n) is 1.82. The number of esters is 1. The fraction of sp³-hybridized carbons (Fsp3) is 0.462. The van der Waals surface area contributed by atoms with E-state index < -0.39 is 28.6 Å². The second-order valence-corrected chi connectivity index (χ2v) is 6.44. The average Bonchev–Trinajstić information content (AvgIpc) is 2.44. The lowest BCUT2D eigenvalue weighted by Crippen LogP contribution is -2.47. The van der Waals surface area contributed by atoms with Crippen molar-refractivity contribution >= 4 is 27.6 Å². The Balaban J connectivity index is 3.17. The molecule has 1 rings (SSSR count). The Hall–Kier alpha value is -1.15. The number of rotatable bonds is 7. The summed E-state index contributed by atoms with van der Waals surface area (Å²) in [5.41, 5.74) is 0. The van der Waals surface area contributed by atoms with Crippen LogP contribution in [-0.2, 0) is 19.6 Å². The smallest absolute Gasteiger partial charge is 0.326 e. The largest absolute Gasteiger partial charge is 0.465 e. The molecule has 0 aliphatic heterocycles. The zero-order valence-corrected chi connectivity index (χ0v) is 13.4. The predicted molar refractivity (Wildman–Crippen MR) is 78.5 cm³/mol. The minimum atomic E-state index is -3.93. The number of benzene rings is 1. The number of hydrogen-bond donors (Lipinski definition) is 1. The highest BCUT2D eigenvalue weighted by Crippen LogP contribution is 2.20. The van der Waals surface area contributed by atoms with Crippen LogP contribution in [0.2, 0.25) is 5.02 Å². The molecular weight excluding hydrogens is 318 g/mol. The topological polar surface area (TPSA) is 83.9 Å². The van der Waals surface area contributed by atoms with Gasteiger partial charge < -0.3 is 9.84 Å². The summed E-state index contributed by atoms with van der Waals surface area (Å²) in [5, 5.41) is 9.75. The summed E-state index contributed by atoms with van der Waals surface area (Å²) >= 11 is 5.73. The van der Waals surface area contributed by atoms with Gasteiger partial charge in [-0.2, -0.15) is 4.31 Å². The van der Waals surface area contributed by atoms with Crippen molar-refractivity contribution in [2.24, 2.45) is 0 Å². The highest BCUT2D eigenvalue weighted by molar-refractivity contribution is 7.89. The molecule has 0 fully saturated rings. The standard InChI is InChI=1S/C13H18ClNO5S/c1-3-15(12(9-16)13(17)20-4-2)21(18,19)11-7-5-10(14)6-8-11/h5-8,12,16H,3-4,9H2,1-2H3/t12-/m0/s1. The van der Waals surface area contributed by atoms with E-state index in [1.165, 1.54) is 24.3 Å². The van der Waals surface area contributed by atoms with E-state index in [0.29, 0.717) is 5.02 Å². The van der Waals surface area contributed by atoms with Gasteiger partial charge in [0.05, 0.1) is 18.1 Å². The Bertz CT molecular complexity index is 573. The summed E-state index contributed by atoms with van der Waals surface area (Å²) in [6, 6.07) is 4.32. The van der Waals surface area contributed by atoms with Crippen molar-refractivity contribution in [2.75, 3.05) is 19.8 Å². The van der Waals surface area contributed by atoms with E-state index in [1.54, 1.807) is 13.8 Å². The van der Waals surface area contributed by atoms with E-state index in [0.717, 1.165) is 4.31 Å². The van der Waals surface area contributed by atoms with Crippen LogP contribution in [0.4, 0.5) is 0 Å². The number of hydrogen-bond acceptors (Lipinski definition) is 5. The lowest BCUT2D eigenvalue weighted by atomic mass is 10.3. The van der Waals surface area contributed by atoms with Crippen LogP contribution in [0.25, 0.3) is 0 Å². The average molecular weight is 336 g/mol. The molecular formula is C13H18ClNO5S. The molecule has 1 aromatic rings. The van der Waals surface area contributed by atoms with Crippen molar-refractivity contribution in [1.29, 1.82) is 0 Å². The number of likely N-dealkylation sites (N-methyl/N-ethyl adjacent to an activating group) is 1. The molecule has 0 aliphatic rings. The van der Waals surface area contributed by atoms with Gasteiger partial charge in [-0.25, -0.2) is 8.42 Å². The number of carbonyl (C=O) groups excluding carboxylic acids is 1. The van der Waals surface area contributed by atoms with Crippen molar-refractivity contribution in [3.05, 3.63) is 29.3 Å². The quantitative estimate of drug-likeness (QED) is 0.759. The number of sulfonamides is 1. The highest BCUT2D eigenvalue weighted by Gasteiger charge is 2.35. The van der Waals surface area contributed by atoms with Crippen LogP contribution in [0.5, 0.6) is 0 Å². The van der Waals surface area contributed by atoms with E-state index >= 15 is 0 Å². The van der Waals surface area contributed by atoms with E-state index in [-0.39, 0.29) is 18.0 Å². The zero-order valence-electron chi connectivity index (χ0n) is 11.8. The van der Waals surface area contributed by atoms with E-state index in [2.05, 4.69) is 0 Å². The maximum absolute atomic E-state index is 12.5. The fourth-order valence-corrected chi connectivity index (χ4v) is 3.53. The predicted octanol–water partition coefficient (Wildman–Crippen LogP) is 1.27. The van der Waals surface area contributed by atoms with Crippen LogP contribution in [0.1, 0.15) is 13.8 Å². The van der Waals surface area contributed by atoms with Gasteiger partial charge in [0.1, 0.15) is 6.04 Å². The molecule has 1 atom stereocenters. The van der Waals surface area contributed by atoms with Gasteiger partial charge in [0.15, 0.2) is 0 Å². The Morgan fingerprint density at radius 3 is 2.33 bits per heavy atom. The van der Waals surface area contributed by atoms with Gasteiger partial charge in [0.2, 0.25) is 10.0 Å². The summed E-state index contributed by atoms with van der Waals surface area (Å²) in [6.07, 6.45) is 0. The van der Waals surface area contributed by atoms with Crippen molar-refractivity contribution in [3.8, 4) is 0 Å². The molecule has 0 spiro atoms. The number of aliphatic hydroxyl groups is 1. The number of nitrogens with zero attached hydrogens (tertiary/aromatic N) is 1. The Kier molecular flexibility index (Phi) is 6.60. The first kappa shape index (κ1) is 17.9. The summed E-state index contributed by atoms with van der Waals surface area (Å²) in [5.74, 6) is -0.778. The molecule has 6 nitrogen and oxygen atoms in total. The lowest BCUT2D eigenvalue weighted by molar-refractivity contribution is -0.149. The van der Waals surface area contributed by atoms with Crippen molar-refractivity contribution < 1.29 is 23.1 Å². The Labute approximate surface area is 129 Å². The maximum Gasteiger partial charge on any atom is 0.326 e. The number of carbonyl (C=O) groups is 1. The normalized spacial score (nSPS) is 13.2. The third-order valence-electron chi connectivity index (χ3n) is 2.81. The monoisotopic (exact) mass is 335 g/mol. The first-order valence-corrected chi connectivity index (χ1v) is 8.25.